The third kappa shape index (κ3) is 4.85. The SMILES string of the molecule is O=C(NCCSc1ccc(Cl)cc1)c1cccc(Br)c1. The van der Waals surface area contributed by atoms with Crippen molar-refractivity contribution in [2.45, 2.75) is 4.90 Å². The number of hydrogen-bond donors (Lipinski definition) is 1. The fourth-order valence-electron chi connectivity index (χ4n) is 1.60. The van der Waals surface area contributed by atoms with Crippen LogP contribution in [0.4, 0.5) is 0 Å². The largest absolute Gasteiger partial charge is 0.351 e. The molecule has 0 aliphatic heterocycles. The van der Waals surface area contributed by atoms with Gasteiger partial charge in [-0.1, -0.05) is 33.6 Å². The van der Waals surface area contributed by atoms with Crippen molar-refractivity contribution >= 4 is 45.2 Å². The van der Waals surface area contributed by atoms with Crippen molar-refractivity contribution in [3.8, 4) is 0 Å². The lowest BCUT2D eigenvalue weighted by Gasteiger charge is -2.05. The molecule has 0 radical (unpaired) electrons. The summed E-state index contributed by atoms with van der Waals surface area (Å²) >= 11 is 10.9. The maximum atomic E-state index is 11.9. The molecule has 104 valence electrons. The minimum atomic E-state index is -0.0528. The number of benzene rings is 2. The van der Waals surface area contributed by atoms with Gasteiger partial charge in [-0.05, 0) is 42.5 Å². The fraction of sp³-hybridized carbons (Fsp3) is 0.133. The molecule has 0 aliphatic carbocycles. The van der Waals surface area contributed by atoms with E-state index in [0.717, 1.165) is 20.1 Å². The second-order valence-corrected chi connectivity index (χ2v) is 6.59. The number of rotatable bonds is 5. The van der Waals surface area contributed by atoms with Gasteiger partial charge in [0, 0.05) is 32.3 Å². The molecule has 2 nitrogen and oxygen atoms in total. The lowest BCUT2D eigenvalue weighted by Crippen LogP contribution is -2.25. The molecule has 0 atom stereocenters. The summed E-state index contributed by atoms with van der Waals surface area (Å²) in [5, 5.41) is 3.63. The van der Waals surface area contributed by atoms with Gasteiger partial charge in [0.1, 0.15) is 0 Å². The molecule has 1 N–H and O–H groups in total. The highest BCUT2D eigenvalue weighted by Crippen LogP contribution is 2.19. The van der Waals surface area contributed by atoms with Crippen LogP contribution in [0.2, 0.25) is 5.02 Å². The molecule has 0 fully saturated rings. The summed E-state index contributed by atoms with van der Waals surface area (Å²) in [6.07, 6.45) is 0. The van der Waals surface area contributed by atoms with Crippen LogP contribution in [0, 0.1) is 0 Å². The second-order valence-electron chi connectivity index (χ2n) is 4.07. The molecule has 20 heavy (non-hydrogen) atoms. The summed E-state index contributed by atoms with van der Waals surface area (Å²) in [6, 6.07) is 15.0. The van der Waals surface area contributed by atoms with E-state index in [1.807, 2.05) is 42.5 Å². The normalized spacial score (nSPS) is 10.3. The van der Waals surface area contributed by atoms with Gasteiger partial charge in [0.15, 0.2) is 0 Å². The average molecular weight is 371 g/mol. The summed E-state index contributed by atoms with van der Waals surface area (Å²) in [5.41, 5.74) is 0.663. The molecule has 0 saturated heterocycles. The summed E-state index contributed by atoms with van der Waals surface area (Å²) in [6.45, 7) is 0.624. The molecule has 1 amide bonds. The lowest BCUT2D eigenvalue weighted by atomic mass is 10.2. The first-order valence-corrected chi connectivity index (χ1v) is 8.23. The first-order valence-electron chi connectivity index (χ1n) is 6.07. The number of amides is 1. The molecule has 2 aromatic rings. The van der Waals surface area contributed by atoms with Crippen molar-refractivity contribution < 1.29 is 4.79 Å². The first-order chi connectivity index (χ1) is 9.65. The molecule has 0 unspecified atom stereocenters. The van der Waals surface area contributed by atoms with E-state index in [1.54, 1.807) is 17.8 Å². The van der Waals surface area contributed by atoms with E-state index in [1.165, 1.54) is 0 Å². The van der Waals surface area contributed by atoms with Crippen molar-refractivity contribution in [3.05, 3.63) is 63.6 Å². The van der Waals surface area contributed by atoms with Gasteiger partial charge in [-0.15, -0.1) is 11.8 Å². The fourth-order valence-corrected chi connectivity index (χ4v) is 2.89. The van der Waals surface area contributed by atoms with Crippen LogP contribution in [-0.2, 0) is 0 Å². The Balaban J connectivity index is 1.76. The van der Waals surface area contributed by atoms with Gasteiger partial charge < -0.3 is 5.32 Å². The van der Waals surface area contributed by atoms with Gasteiger partial charge in [0.2, 0.25) is 0 Å². The highest BCUT2D eigenvalue weighted by atomic mass is 79.9. The smallest absolute Gasteiger partial charge is 0.251 e. The summed E-state index contributed by atoms with van der Waals surface area (Å²) in [7, 11) is 0. The minimum absolute atomic E-state index is 0.0528. The Bertz CT molecular complexity index is 589. The monoisotopic (exact) mass is 369 g/mol. The average Bonchev–Trinajstić information content (AvgIpc) is 2.45. The molecule has 2 aromatic carbocycles. The van der Waals surface area contributed by atoms with Crippen molar-refractivity contribution in [2.24, 2.45) is 0 Å². The molecule has 5 heteroatoms. The molecular weight excluding hydrogens is 358 g/mol. The Labute approximate surface area is 136 Å². The van der Waals surface area contributed by atoms with Crippen molar-refractivity contribution in [1.29, 1.82) is 0 Å². The molecular formula is C15H13BrClNOS. The number of nitrogens with one attached hydrogen (secondary N) is 1. The highest BCUT2D eigenvalue weighted by molar-refractivity contribution is 9.10. The number of carbonyl (C=O) groups is 1. The van der Waals surface area contributed by atoms with Crippen LogP contribution < -0.4 is 5.32 Å². The Morgan fingerprint density at radius 2 is 1.95 bits per heavy atom. The maximum absolute atomic E-state index is 11.9. The van der Waals surface area contributed by atoms with Crippen LogP contribution in [0.1, 0.15) is 10.4 Å². The Kier molecular flexibility index (Phi) is 5.95. The quantitative estimate of drug-likeness (QED) is 0.614. The van der Waals surface area contributed by atoms with Crippen LogP contribution in [0.15, 0.2) is 57.9 Å². The lowest BCUT2D eigenvalue weighted by molar-refractivity contribution is 0.0956. The number of hydrogen-bond acceptors (Lipinski definition) is 2. The van der Waals surface area contributed by atoms with E-state index in [-0.39, 0.29) is 5.91 Å². The van der Waals surface area contributed by atoms with E-state index < -0.39 is 0 Å². The molecule has 2 rings (SSSR count). The summed E-state index contributed by atoms with van der Waals surface area (Å²) in [4.78, 5) is 13.0. The van der Waals surface area contributed by atoms with E-state index in [9.17, 15) is 4.79 Å². The Hall–Kier alpha value is -0.970. The Morgan fingerprint density at radius 3 is 2.65 bits per heavy atom. The highest BCUT2D eigenvalue weighted by Gasteiger charge is 2.04. The van der Waals surface area contributed by atoms with Gasteiger partial charge in [-0.25, -0.2) is 0 Å². The van der Waals surface area contributed by atoms with Crippen LogP contribution in [0.5, 0.6) is 0 Å². The predicted octanol–water partition coefficient (Wildman–Crippen LogP) is 4.62. The van der Waals surface area contributed by atoms with E-state index >= 15 is 0 Å². The molecule has 0 aliphatic rings. The van der Waals surface area contributed by atoms with Gasteiger partial charge in [0.05, 0.1) is 0 Å². The number of halogens is 2. The zero-order chi connectivity index (χ0) is 14.4. The molecule has 0 spiro atoms. The van der Waals surface area contributed by atoms with E-state index in [2.05, 4.69) is 21.2 Å². The van der Waals surface area contributed by atoms with Gasteiger partial charge in [-0.3, -0.25) is 4.79 Å². The molecule has 0 aromatic heterocycles. The van der Waals surface area contributed by atoms with Crippen LogP contribution in [0.3, 0.4) is 0 Å². The van der Waals surface area contributed by atoms with Gasteiger partial charge >= 0.3 is 0 Å². The van der Waals surface area contributed by atoms with Crippen molar-refractivity contribution in [1.82, 2.24) is 5.32 Å². The minimum Gasteiger partial charge on any atom is -0.351 e. The summed E-state index contributed by atoms with van der Waals surface area (Å²) < 4.78 is 0.903. The third-order valence-corrected chi connectivity index (χ3v) is 4.32. The van der Waals surface area contributed by atoms with Crippen LogP contribution in [0.25, 0.3) is 0 Å². The molecule has 0 bridgehead atoms. The zero-order valence-corrected chi connectivity index (χ0v) is 13.8. The van der Waals surface area contributed by atoms with Crippen molar-refractivity contribution in [2.75, 3.05) is 12.3 Å². The van der Waals surface area contributed by atoms with Gasteiger partial charge in [-0.2, -0.15) is 0 Å². The molecule has 0 heterocycles. The van der Waals surface area contributed by atoms with Gasteiger partial charge in [0.25, 0.3) is 5.91 Å². The van der Waals surface area contributed by atoms with Crippen LogP contribution >= 0.6 is 39.3 Å². The summed E-state index contributed by atoms with van der Waals surface area (Å²) in [5.74, 6) is 0.768. The third-order valence-electron chi connectivity index (χ3n) is 2.56. The van der Waals surface area contributed by atoms with Crippen LogP contribution in [-0.4, -0.2) is 18.2 Å². The number of thioether (sulfide) groups is 1. The van der Waals surface area contributed by atoms with Crippen molar-refractivity contribution in [3.63, 3.8) is 0 Å². The zero-order valence-electron chi connectivity index (χ0n) is 10.6. The maximum Gasteiger partial charge on any atom is 0.251 e. The van der Waals surface area contributed by atoms with E-state index in [0.29, 0.717) is 12.1 Å². The first kappa shape index (κ1) is 15.4. The standard InChI is InChI=1S/C15H13BrClNOS/c16-12-3-1-2-11(10-12)15(19)18-8-9-20-14-6-4-13(17)5-7-14/h1-7,10H,8-9H2,(H,18,19). The number of carbonyl (C=O) groups excluding carboxylic acids is 1. The second kappa shape index (κ2) is 7.72. The molecule has 0 saturated carbocycles. The Morgan fingerprint density at radius 1 is 1.20 bits per heavy atom. The van der Waals surface area contributed by atoms with E-state index in [4.69, 9.17) is 11.6 Å². The predicted molar refractivity (Wildman–Crippen MR) is 88.7 cm³/mol. The topological polar surface area (TPSA) is 29.1 Å².